The Kier molecular flexibility index (Phi) is 7.83. The minimum atomic E-state index is -4.13. The number of quaternary nitrogens is 1. The zero-order valence-electron chi connectivity index (χ0n) is 13.3. The first-order chi connectivity index (χ1) is 10.3. The molecule has 1 atom stereocenters. The summed E-state index contributed by atoms with van der Waals surface area (Å²) >= 11 is 0. The zero-order chi connectivity index (χ0) is 16.6. The van der Waals surface area contributed by atoms with E-state index >= 15 is 0 Å². The zero-order valence-corrected chi connectivity index (χ0v) is 15.1. The molecule has 1 unspecified atom stereocenters. The molecule has 1 rings (SSSR count). The van der Waals surface area contributed by atoms with E-state index in [-0.39, 0.29) is 5.75 Å². The third kappa shape index (κ3) is 6.65. The topological polar surface area (TPSA) is 92.3 Å². The second-order valence-corrected chi connectivity index (χ2v) is 9.64. The lowest BCUT2D eigenvalue weighted by molar-refractivity contribution is -0.749. The van der Waals surface area contributed by atoms with Crippen LogP contribution in [0.25, 0.3) is 0 Å². The summed E-state index contributed by atoms with van der Waals surface area (Å²) in [5.74, 6) is -0.329. The Morgan fingerprint density at radius 3 is 2.36 bits per heavy atom. The van der Waals surface area contributed by atoms with Crippen molar-refractivity contribution in [2.24, 2.45) is 0 Å². The predicted molar refractivity (Wildman–Crippen MR) is 81.5 cm³/mol. The molecular formula is C12H25N2O6SSi+. The van der Waals surface area contributed by atoms with Crippen LogP contribution in [0.2, 0.25) is 6.04 Å². The molecule has 128 valence electrons. The van der Waals surface area contributed by atoms with Crippen molar-refractivity contribution in [2.45, 2.75) is 18.9 Å². The van der Waals surface area contributed by atoms with Crippen LogP contribution >= 0.6 is 0 Å². The fraction of sp³-hybridized carbons (Fsp3) is 0.750. The van der Waals surface area contributed by atoms with E-state index in [1.54, 1.807) is 21.3 Å². The van der Waals surface area contributed by atoms with Crippen molar-refractivity contribution in [3.05, 3.63) is 12.4 Å². The van der Waals surface area contributed by atoms with Gasteiger partial charge in [0.1, 0.15) is 0 Å². The van der Waals surface area contributed by atoms with Gasteiger partial charge < -0.3 is 17.8 Å². The first kappa shape index (κ1) is 19.4. The standard InChI is InChI=1S/C12H24N2O6SSi/c1-18-22(19-2,20-3)11-5-7-14-9-8-13(12-14)6-4-10-21(15,16)17/h8-9,12H,4-7,10-11H2,1-3H3/p+1. The van der Waals surface area contributed by atoms with Crippen LogP contribution in [0, 0.1) is 0 Å². The predicted octanol–water partition coefficient (Wildman–Crippen LogP) is -1.40. The quantitative estimate of drug-likeness (QED) is 0.279. The Morgan fingerprint density at radius 1 is 1.18 bits per heavy atom. The molecule has 22 heavy (non-hydrogen) atoms. The van der Waals surface area contributed by atoms with Crippen LogP contribution < -0.4 is 4.90 Å². The van der Waals surface area contributed by atoms with Crippen LogP contribution in [0.15, 0.2) is 12.4 Å². The van der Waals surface area contributed by atoms with E-state index in [1.165, 1.54) is 0 Å². The Hall–Kier alpha value is -0.623. The van der Waals surface area contributed by atoms with Crippen molar-refractivity contribution < 1.29 is 35.7 Å². The first-order valence-corrected chi connectivity index (χ1v) is 10.6. The highest BCUT2D eigenvalue weighted by atomic mass is 32.2. The Balaban J connectivity index is 2.33. The maximum atomic E-state index is 10.6. The Morgan fingerprint density at radius 2 is 1.82 bits per heavy atom. The summed E-state index contributed by atoms with van der Waals surface area (Å²) in [4.78, 5) is 1.15. The molecule has 0 spiro atoms. The van der Waals surface area contributed by atoms with Crippen molar-refractivity contribution >= 4 is 25.3 Å². The maximum absolute atomic E-state index is 10.6. The molecule has 1 aliphatic rings. The third-order valence-corrected chi connectivity index (χ3v) is 7.12. The average molecular weight is 353 g/mol. The normalized spacial score (nSPS) is 18.7. The van der Waals surface area contributed by atoms with Crippen LogP contribution in [-0.4, -0.2) is 72.9 Å². The highest BCUT2D eigenvalue weighted by Gasteiger charge is 2.37. The largest absolute Gasteiger partial charge is 0.748 e. The number of rotatable bonds is 11. The molecule has 0 aromatic carbocycles. The SMILES string of the molecule is CO[Si](CCC[NH+]1C=C[N+](CCCS(=O)(=O)[O-])=C1)(OC)OC. The molecule has 0 aromatic heterocycles. The van der Waals surface area contributed by atoms with E-state index in [4.69, 9.17) is 13.3 Å². The summed E-state index contributed by atoms with van der Waals surface area (Å²) in [6.07, 6.45) is 7.04. The second kappa shape index (κ2) is 8.87. The highest BCUT2D eigenvalue weighted by molar-refractivity contribution is 7.85. The average Bonchev–Trinajstić information content (AvgIpc) is 2.91. The molecule has 1 N–H and O–H groups in total. The molecule has 0 aromatic rings. The Bertz CT molecular complexity index is 495. The van der Waals surface area contributed by atoms with Gasteiger partial charge in [0.25, 0.3) is 0 Å². The Labute approximate surface area is 133 Å². The molecule has 0 saturated carbocycles. The van der Waals surface area contributed by atoms with Crippen LogP contribution in [0.4, 0.5) is 0 Å². The molecule has 0 fully saturated rings. The molecule has 0 bridgehead atoms. The lowest BCUT2D eigenvalue weighted by atomic mass is 10.4. The van der Waals surface area contributed by atoms with Gasteiger partial charge in [-0.25, -0.2) is 13.3 Å². The van der Waals surface area contributed by atoms with E-state index in [0.717, 1.165) is 23.9 Å². The number of nitrogens with zero attached hydrogens (tertiary/aromatic N) is 1. The van der Waals surface area contributed by atoms with Crippen LogP contribution in [0.1, 0.15) is 12.8 Å². The summed E-state index contributed by atoms with van der Waals surface area (Å²) in [7, 11) is -1.85. The molecule has 0 amide bonds. The summed E-state index contributed by atoms with van der Waals surface area (Å²) in [5.41, 5.74) is 0. The lowest BCUT2D eigenvalue weighted by Crippen LogP contribution is -3.06. The molecule has 1 aliphatic heterocycles. The van der Waals surface area contributed by atoms with Gasteiger partial charge in [-0.3, -0.25) is 0 Å². The molecule has 1 heterocycles. The molecular weight excluding hydrogens is 328 g/mol. The number of hydrogen-bond acceptors (Lipinski definition) is 6. The van der Waals surface area contributed by atoms with E-state index in [9.17, 15) is 13.0 Å². The van der Waals surface area contributed by atoms with Crippen molar-refractivity contribution in [3.63, 3.8) is 0 Å². The van der Waals surface area contributed by atoms with Gasteiger partial charge >= 0.3 is 15.1 Å². The third-order valence-electron chi connectivity index (χ3n) is 3.50. The summed E-state index contributed by atoms with van der Waals surface area (Å²) in [6, 6.07) is 0.732. The highest BCUT2D eigenvalue weighted by Crippen LogP contribution is 2.13. The minimum absolute atomic E-state index is 0.326. The molecule has 10 heteroatoms. The summed E-state index contributed by atoms with van der Waals surface area (Å²) in [6.45, 7) is 1.38. The second-order valence-electron chi connectivity index (χ2n) is 5.02. The lowest BCUT2D eigenvalue weighted by Gasteiger charge is -2.23. The van der Waals surface area contributed by atoms with Crippen molar-refractivity contribution in [1.82, 2.24) is 0 Å². The van der Waals surface area contributed by atoms with Crippen molar-refractivity contribution in [1.29, 1.82) is 0 Å². The van der Waals surface area contributed by atoms with Gasteiger partial charge in [0.15, 0.2) is 12.7 Å². The fourth-order valence-electron chi connectivity index (χ4n) is 2.27. The minimum Gasteiger partial charge on any atom is -0.748 e. The van der Waals surface area contributed by atoms with Gasteiger partial charge in [-0.05, 0) is 0 Å². The first-order valence-electron chi connectivity index (χ1n) is 7.08. The van der Waals surface area contributed by atoms with Gasteiger partial charge in [-0.2, -0.15) is 4.58 Å². The fourth-order valence-corrected chi connectivity index (χ4v) is 4.47. The van der Waals surface area contributed by atoms with Crippen molar-refractivity contribution in [3.8, 4) is 0 Å². The molecule has 8 nitrogen and oxygen atoms in total. The number of hydrogen-bond donors (Lipinski definition) is 1. The van der Waals surface area contributed by atoms with E-state index in [0.29, 0.717) is 13.0 Å². The van der Waals surface area contributed by atoms with Crippen molar-refractivity contribution in [2.75, 3.05) is 40.2 Å². The van der Waals surface area contributed by atoms with Crippen LogP contribution in [0.5, 0.6) is 0 Å². The molecule has 0 aliphatic carbocycles. The van der Waals surface area contributed by atoms with E-state index in [2.05, 4.69) is 0 Å². The van der Waals surface area contributed by atoms with Gasteiger partial charge in [0.2, 0.25) is 6.20 Å². The molecule has 0 saturated heterocycles. The maximum Gasteiger partial charge on any atom is 0.500 e. The monoisotopic (exact) mass is 353 g/mol. The van der Waals surface area contributed by atoms with E-state index in [1.807, 2.05) is 23.3 Å². The smallest absolute Gasteiger partial charge is 0.500 e. The van der Waals surface area contributed by atoms with E-state index < -0.39 is 18.9 Å². The summed E-state index contributed by atoms with van der Waals surface area (Å²) < 4.78 is 49.7. The van der Waals surface area contributed by atoms with Gasteiger partial charge in [-0.1, -0.05) is 0 Å². The number of nitrogens with one attached hydrogen (secondary N) is 1. The van der Waals surface area contributed by atoms with Gasteiger partial charge in [0, 0.05) is 46.0 Å². The molecule has 0 radical (unpaired) electrons. The van der Waals surface area contributed by atoms with Crippen LogP contribution in [0.3, 0.4) is 0 Å². The van der Waals surface area contributed by atoms with Crippen LogP contribution in [-0.2, 0) is 23.4 Å². The summed E-state index contributed by atoms with van der Waals surface area (Å²) in [5, 5.41) is 0. The van der Waals surface area contributed by atoms with Gasteiger partial charge in [-0.15, -0.1) is 0 Å². The van der Waals surface area contributed by atoms with Gasteiger partial charge in [0.05, 0.1) is 16.7 Å².